The summed E-state index contributed by atoms with van der Waals surface area (Å²) in [6, 6.07) is 3.52. The van der Waals surface area contributed by atoms with Gasteiger partial charge < -0.3 is 9.64 Å². The predicted octanol–water partition coefficient (Wildman–Crippen LogP) is 3.26. The number of benzene rings is 1. The van der Waals surface area contributed by atoms with Crippen LogP contribution in [0.4, 0.5) is 13.2 Å². The second kappa shape index (κ2) is 7.02. The highest BCUT2D eigenvalue weighted by Gasteiger charge is 2.37. The summed E-state index contributed by atoms with van der Waals surface area (Å²) in [6.45, 7) is 2.45. The molecule has 1 aromatic rings. The van der Waals surface area contributed by atoms with Gasteiger partial charge in [0.15, 0.2) is 0 Å². The zero-order chi connectivity index (χ0) is 17.0. The third-order valence-corrected chi connectivity index (χ3v) is 3.67. The summed E-state index contributed by atoms with van der Waals surface area (Å²) < 4.78 is 43.3. The van der Waals surface area contributed by atoms with E-state index in [1.807, 2.05) is 6.92 Å². The number of carbonyl (C=O) groups excluding carboxylic acids is 2. The smallest absolute Gasteiger partial charge is 0.416 e. The molecule has 0 aliphatic carbocycles. The van der Waals surface area contributed by atoms with Crippen LogP contribution in [0.1, 0.15) is 42.1 Å². The molecule has 0 radical (unpaired) electrons. The van der Waals surface area contributed by atoms with E-state index < -0.39 is 29.7 Å². The van der Waals surface area contributed by atoms with Crippen molar-refractivity contribution in [3.63, 3.8) is 0 Å². The maximum atomic E-state index is 12.8. The van der Waals surface area contributed by atoms with Crippen molar-refractivity contribution in [2.24, 2.45) is 0 Å². The molecule has 0 aromatic heterocycles. The molecule has 23 heavy (non-hydrogen) atoms. The molecule has 1 fully saturated rings. The number of carbonyl (C=O) groups is 2. The van der Waals surface area contributed by atoms with E-state index in [1.165, 1.54) is 17.0 Å². The van der Waals surface area contributed by atoms with Crippen LogP contribution in [0.15, 0.2) is 24.3 Å². The number of alkyl halides is 3. The Morgan fingerprint density at radius 3 is 2.74 bits per heavy atom. The van der Waals surface area contributed by atoms with Crippen molar-refractivity contribution in [3.05, 3.63) is 35.4 Å². The number of esters is 1. The molecule has 1 saturated heterocycles. The molecule has 0 bridgehead atoms. The minimum atomic E-state index is -4.51. The van der Waals surface area contributed by atoms with Gasteiger partial charge in [-0.15, -0.1) is 0 Å². The fourth-order valence-electron chi connectivity index (χ4n) is 2.55. The molecule has 0 saturated carbocycles. The summed E-state index contributed by atoms with van der Waals surface area (Å²) >= 11 is 0. The second-order valence-electron chi connectivity index (χ2n) is 5.40. The van der Waals surface area contributed by atoms with E-state index in [0.29, 0.717) is 25.8 Å². The van der Waals surface area contributed by atoms with Crippen LogP contribution in [-0.4, -0.2) is 36.0 Å². The lowest BCUT2D eigenvalue weighted by atomic mass is 10.1. The largest absolute Gasteiger partial charge is 0.464 e. The summed E-state index contributed by atoms with van der Waals surface area (Å²) in [4.78, 5) is 25.7. The summed E-state index contributed by atoms with van der Waals surface area (Å²) in [5.41, 5.74) is -0.956. The molecule has 1 atom stereocenters. The average molecular weight is 329 g/mol. The molecule has 126 valence electrons. The SMILES string of the molecule is CCCOC(=O)C1CCCN1C(=O)c1cccc(C(F)(F)F)c1. The lowest BCUT2D eigenvalue weighted by molar-refractivity contribution is -0.148. The monoisotopic (exact) mass is 329 g/mol. The van der Waals surface area contributed by atoms with Gasteiger partial charge in [0.1, 0.15) is 6.04 Å². The van der Waals surface area contributed by atoms with Crippen molar-refractivity contribution in [1.82, 2.24) is 4.90 Å². The minimum Gasteiger partial charge on any atom is -0.464 e. The van der Waals surface area contributed by atoms with E-state index >= 15 is 0 Å². The first-order valence-electron chi connectivity index (χ1n) is 7.49. The molecular weight excluding hydrogens is 311 g/mol. The maximum Gasteiger partial charge on any atom is 0.416 e. The molecule has 4 nitrogen and oxygen atoms in total. The second-order valence-corrected chi connectivity index (χ2v) is 5.40. The lowest BCUT2D eigenvalue weighted by Crippen LogP contribution is -2.41. The van der Waals surface area contributed by atoms with Gasteiger partial charge in [0, 0.05) is 12.1 Å². The Morgan fingerprint density at radius 2 is 2.09 bits per heavy atom. The zero-order valence-electron chi connectivity index (χ0n) is 12.7. The van der Waals surface area contributed by atoms with Gasteiger partial charge in [-0.05, 0) is 37.5 Å². The van der Waals surface area contributed by atoms with Crippen LogP contribution in [0.2, 0.25) is 0 Å². The Kier molecular flexibility index (Phi) is 5.28. The molecule has 1 aliphatic rings. The Morgan fingerprint density at radius 1 is 1.35 bits per heavy atom. The van der Waals surface area contributed by atoms with E-state index in [1.54, 1.807) is 0 Å². The summed E-state index contributed by atoms with van der Waals surface area (Å²) in [5.74, 6) is -1.07. The fraction of sp³-hybridized carbons (Fsp3) is 0.500. The van der Waals surface area contributed by atoms with Gasteiger partial charge in [0.05, 0.1) is 12.2 Å². The standard InChI is InChI=1S/C16H18F3NO3/c1-2-9-23-15(22)13-7-4-8-20(13)14(21)11-5-3-6-12(10-11)16(17,18)19/h3,5-6,10,13H,2,4,7-9H2,1H3. The van der Waals surface area contributed by atoms with E-state index in [2.05, 4.69) is 0 Å². The molecule has 1 amide bonds. The predicted molar refractivity (Wildman–Crippen MR) is 76.8 cm³/mol. The molecule has 1 heterocycles. The Hall–Kier alpha value is -2.05. The number of amides is 1. The molecule has 1 unspecified atom stereocenters. The number of ether oxygens (including phenoxy) is 1. The number of hydrogen-bond donors (Lipinski definition) is 0. The van der Waals surface area contributed by atoms with E-state index in [0.717, 1.165) is 12.1 Å². The first-order valence-corrected chi connectivity index (χ1v) is 7.49. The van der Waals surface area contributed by atoms with Crippen LogP contribution >= 0.6 is 0 Å². The van der Waals surface area contributed by atoms with Gasteiger partial charge >= 0.3 is 12.1 Å². The molecule has 0 spiro atoms. The third kappa shape index (κ3) is 4.03. The van der Waals surface area contributed by atoms with Gasteiger partial charge in [0.2, 0.25) is 0 Å². The topological polar surface area (TPSA) is 46.6 Å². The van der Waals surface area contributed by atoms with Crippen LogP contribution < -0.4 is 0 Å². The molecule has 1 aliphatic heterocycles. The van der Waals surface area contributed by atoms with Crippen molar-refractivity contribution >= 4 is 11.9 Å². The highest BCUT2D eigenvalue weighted by atomic mass is 19.4. The highest BCUT2D eigenvalue weighted by molar-refractivity contribution is 5.97. The Bertz CT molecular complexity index is 586. The summed E-state index contributed by atoms with van der Waals surface area (Å²) in [5, 5.41) is 0. The minimum absolute atomic E-state index is 0.0741. The quantitative estimate of drug-likeness (QED) is 0.797. The third-order valence-electron chi connectivity index (χ3n) is 3.67. The van der Waals surface area contributed by atoms with Gasteiger partial charge in [-0.3, -0.25) is 4.79 Å². The van der Waals surface area contributed by atoms with Gasteiger partial charge in [0.25, 0.3) is 5.91 Å². The average Bonchev–Trinajstić information content (AvgIpc) is 3.00. The van der Waals surface area contributed by atoms with Crippen molar-refractivity contribution < 1.29 is 27.5 Å². The Labute approximate surface area is 132 Å². The summed E-state index contributed by atoms with van der Waals surface area (Å²) in [7, 11) is 0. The van der Waals surface area contributed by atoms with Crippen LogP contribution in [0.3, 0.4) is 0 Å². The van der Waals surface area contributed by atoms with Gasteiger partial charge in [-0.1, -0.05) is 13.0 Å². The van der Waals surface area contributed by atoms with Crippen LogP contribution in [0.25, 0.3) is 0 Å². The van der Waals surface area contributed by atoms with Gasteiger partial charge in [-0.25, -0.2) is 4.79 Å². The normalized spacial score (nSPS) is 18.1. The Balaban J connectivity index is 2.17. The van der Waals surface area contributed by atoms with E-state index in [4.69, 9.17) is 4.74 Å². The fourth-order valence-corrected chi connectivity index (χ4v) is 2.55. The van der Waals surface area contributed by atoms with E-state index in [-0.39, 0.29) is 12.2 Å². The van der Waals surface area contributed by atoms with Crippen molar-refractivity contribution in [3.8, 4) is 0 Å². The van der Waals surface area contributed by atoms with Crippen molar-refractivity contribution in [2.75, 3.05) is 13.2 Å². The number of likely N-dealkylation sites (tertiary alicyclic amines) is 1. The van der Waals surface area contributed by atoms with Crippen molar-refractivity contribution in [2.45, 2.75) is 38.4 Å². The van der Waals surface area contributed by atoms with Crippen LogP contribution in [0.5, 0.6) is 0 Å². The van der Waals surface area contributed by atoms with Crippen molar-refractivity contribution in [1.29, 1.82) is 0 Å². The number of hydrogen-bond acceptors (Lipinski definition) is 3. The zero-order valence-corrected chi connectivity index (χ0v) is 12.7. The highest BCUT2D eigenvalue weighted by Crippen LogP contribution is 2.30. The van der Waals surface area contributed by atoms with Crippen LogP contribution in [-0.2, 0) is 15.7 Å². The maximum absolute atomic E-state index is 12.8. The molecule has 0 N–H and O–H groups in total. The molecule has 1 aromatic carbocycles. The molecule has 2 rings (SSSR count). The van der Waals surface area contributed by atoms with E-state index in [9.17, 15) is 22.8 Å². The van der Waals surface area contributed by atoms with Crippen LogP contribution in [0, 0.1) is 0 Å². The number of nitrogens with zero attached hydrogens (tertiary/aromatic N) is 1. The molecule has 7 heteroatoms. The molecular formula is C16H18F3NO3. The summed E-state index contributed by atoms with van der Waals surface area (Å²) in [6.07, 6.45) is -2.76. The lowest BCUT2D eigenvalue weighted by Gasteiger charge is -2.23. The van der Waals surface area contributed by atoms with Gasteiger partial charge in [-0.2, -0.15) is 13.2 Å². The first kappa shape index (κ1) is 17.3. The first-order chi connectivity index (χ1) is 10.8. The number of rotatable bonds is 4. The number of halogens is 3.